The SMILES string of the molecule is O=C1OC(C=Cc2ccc(Cl)cc2Cl)=NC1=Cc1ccc2c(c1)OCO2. The number of halogens is 2. The van der Waals surface area contributed by atoms with Gasteiger partial charge >= 0.3 is 5.97 Å². The lowest BCUT2D eigenvalue weighted by Crippen LogP contribution is -2.01. The van der Waals surface area contributed by atoms with E-state index in [0.29, 0.717) is 21.5 Å². The van der Waals surface area contributed by atoms with E-state index in [1.54, 1.807) is 48.6 Å². The van der Waals surface area contributed by atoms with E-state index < -0.39 is 5.97 Å². The zero-order chi connectivity index (χ0) is 18.1. The zero-order valence-electron chi connectivity index (χ0n) is 13.2. The second kappa shape index (κ2) is 6.86. The molecule has 2 aromatic rings. The van der Waals surface area contributed by atoms with Crippen molar-refractivity contribution in [2.75, 3.05) is 6.79 Å². The van der Waals surface area contributed by atoms with E-state index in [2.05, 4.69) is 4.99 Å². The van der Waals surface area contributed by atoms with Crippen molar-refractivity contribution in [3.05, 3.63) is 69.3 Å². The van der Waals surface area contributed by atoms with Crippen LogP contribution in [0.3, 0.4) is 0 Å². The molecule has 0 unspecified atom stereocenters. The van der Waals surface area contributed by atoms with Crippen LogP contribution in [0.25, 0.3) is 12.2 Å². The van der Waals surface area contributed by atoms with Gasteiger partial charge in [-0.1, -0.05) is 35.3 Å². The molecule has 0 atom stereocenters. The molecular weight excluding hydrogens is 377 g/mol. The molecule has 26 heavy (non-hydrogen) atoms. The minimum absolute atomic E-state index is 0.188. The summed E-state index contributed by atoms with van der Waals surface area (Å²) < 4.78 is 15.7. The minimum atomic E-state index is -0.524. The van der Waals surface area contributed by atoms with Crippen molar-refractivity contribution in [1.29, 1.82) is 0 Å². The number of ether oxygens (including phenoxy) is 3. The Balaban J connectivity index is 1.56. The second-order valence-corrected chi connectivity index (χ2v) is 6.32. The lowest BCUT2D eigenvalue weighted by atomic mass is 10.1. The van der Waals surface area contributed by atoms with Gasteiger partial charge in [0.15, 0.2) is 17.2 Å². The predicted molar refractivity (Wildman–Crippen MR) is 99.6 cm³/mol. The summed E-state index contributed by atoms with van der Waals surface area (Å²) in [5, 5.41) is 1.04. The predicted octanol–water partition coefficient (Wildman–Crippen LogP) is 4.73. The number of rotatable bonds is 3. The van der Waals surface area contributed by atoms with Gasteiger partial charge in [-0.2, -0.15) is 0 Å². The monoisotopic (exact) mass is 387 g/mol. The van der Waals surface area contributed by atoms with E-state index in [1.165, 1.54) is 0 Å². The number of carbonyl (C=O) groups is 1. The number of hydrogen-bond acceptors (Lipinski definition) is 5. The van der Waals surface area contributed by atoms with E-state index in [-0.39, 0.29) is 18.4 Å². The van der Waals surface area contributed by atoms with Gasteiger partial charge in [0.1, 0.15) is 0 Å². The molecule has 130 valence electrons. The number of cyclic esters (lactones) is 1. The number of nitrogens with zero attached hydrogens (tertiary/aromatic N) is 1. The Morgan fingerprint density at radius 1 is 1.00 bits per heavy atom. The van der Waals surface area contributed by atoms with Crippen molar-refractivity contribution in [2.24, 2.45) is 4.99 Å². The maximum atomic E-state index is 12.0. The quantitative estimate of drug-likeness (QED) is 0.564. The lowest BCUT2D eigenvalue weighted by Gasteiger charge is -1.98. The molecular formula is C19H11Cl2NO4. The molecule has 0 amide bonds. The second-order valence-electron chi connectivity index (χ2n) is 5.48. The fourth-order valence-electron chi connectivity index (χ4n) is 2.46. The largest absolute Gasteiger partial charge is 0.454 e. The molecule has 0 aliphatic carbocycles. The smallest absolute Gasteiger partial charge is 0.363 e. The third-order valence-electron chi connectivity index (χ3n) is 3.71. The summed E-state index contributed by atoms with van der Waals surface area (Å²) in [6, 6.07) is 10.5. The summed E-state index contributed by atoms with van der Waals surface area (Å²) >= 11 is 12.0. The summed E-state index contributed by atoms with van der Waals surface area (Å²) in [6.45, 7) is 0.192. The maximum Gasteiger partial charge on any atom is 0.363 e. The Morgan fingerprint density at radius 2 is 1.85 bits per heavy atom. The first-order valence-corrected chi connectivity index (χ1v) is 8.39. The molecule has 0 fully saturated rings. The van der Waals surface area contributed by atoms with Crippen LogP contribution >= 0.6 is 23.2 Å². The first-order valence-electron chi connectivity index (χ1n) is 7.64. The molecule has 0 radical (unpaired) electrons. The average molecular weight is 388 g/mol. The molecule has 4 rings (SSSR count). The molecule has 0 saturated carbocycles. The van der Waals surface area contributed by atoms with E-state index in [1.807, 2.05) is 6.07 Å². The molecule has 5 nitrogen and oxygen atoms in total. The maximum absolute atomic E-state index is 12.0. The van der Waals surface area contributed by atoms with E-state index in [4.69, 9.17) is 37.4 Å². The number of hydrogen-bond donors (Lipinski definition) is 0. The van der Waals surface area contributed by atoms with Crippen molar-refractivity contribution in [2.45, 2.75) is 0 Å². The molecule has 0 N–H and O–H groups in total. The number of fused-ring (bicyclic) bond motifs is 1. The third kappa shape index (κ3) is 3.45. The first-order chi connectivity index (χ1) is 12.6. The fraction of sp³-hybridized carbons (Fsp3) is 0.0526. The standard InChI is InChI=1S/C19H11Cl2NO4/c20-13-4-2-12(14(21)9-13)3-6-18-22-15(19(23)26-18)7-11-1-5-16-17(8-11)25-10-24-16/h1-9H,10H2. The van der Waals surface area contributed by atoms with Gasteiger partial charge in [-0.25, -0.2) is 9.79 Å². The molecule has 2 aliphatic rings. The molecule has 2 aliphatic heterocycles. The molecule has 7 heteroatoms. The number of aliphatic imine (C=N–C) groups is 1. The van der Waals surface area contributed by atoms with Gasteiger partial charge in [0.25, 0.3) is 0 Å². The number of benzene rings is 2. The normalized spacial score (nSPS) is 17.1. The van der Waals surface area contributed by atoms with Gasteiger partial charge < -0.3 is 14.2 Å². The van der Waals surface area contributed by atoms with E-state index in [0.717, 1.165) is 11.1 Å². The molecule has 2 heterocycles. The highest BCUT2D eigenvalue weighted by Gasteiger charge is 2.22. The van der Waals surface area contributed by atoms with Crippen molar-refractivity contribution in [1.82, 2.24) is 0 Å². The number of carbonyl (C=O) groups excluding carboxylic acids is 1. The Kier molecular flexibility index (Phi) is 4.41. The average Bonchev–Trinajstić information content (AvgIpc) is 3.20. The Labute approximate surface area is 159 Å². The van der Waals surface area contributed by atoms with Crippen molar-refractivity contribution >= 4 is 47.2 Å². The van der Waals surface area contributed by atoms with E-state index in [9.17, 15) is 4.79 Å². The fourth-order valence-corrected chi connectivity index (χ4v) is 2.93. The third-order valence-corrected chi connectivity index (χ3v) is 4.27. The Bertz CT molecular complexity index is 995. The van der Waals surface area contributed by atoms with Gasteiger partial charge in [-0.3, -0.25) is 0 Å². The highest BCUT2D eigenvalue weighted by Crippen LogP contribution is 2.33. The van der Waals surface area contributed by atoms with E-state index >= 15 is 0 Å². The molecule has 0 spiro atoms. The van der Waals surface area contributed by atoms with Crippen LogP contribution in [0.5, 0.6) is 11.5 Å². The van der Waals surface area contributed by atoms with Gasteiger partial charge in [0, 0.05) is 16.1 Å². The first kappa shape index (κ1) is 16.7. The topological polar surface area (TPSA) is 57.1 Å². The Morgan fingerprint density at radius 3 is 2.69 bits per heavy atom. The summed E-state index contributed by atoms with van der Waals surface area (Å²) in [7, 11) is 0. The summed E-state index contributed by atoms with van der Waals surface area (Å²) in [5.41, 5.74) is 1.70. The Hall–Kier alpha value is -2.76. The highest BCUT2D eigenvalue weighted by atomic mass is 35.5. The van der Waals surface area contributed by atoms with Crippen LogP contribution in [0, 0.1) is 0 Å². The number of esters is 1. The van der Waals surface area contributed by atoms with Crippen LogP contribution in [0.15, 0.2) is 53.2 Å². The van der Waals surface area contributed by atoms with Crippen molar-refractivity contribution in [3.63, 3.8) is 0 Å². The van der Waals surface area contributed by atoms with Gasteiger partial charge in [0.05, 0.1) is 0 Å². The van der Waals surface area contributed by atoms with Crippen molar-refractivity contribution < 1.29 is 19.0 Å². The molecule has 0 saturated heterocycles. The highest BCUT2D eigenvalue weighted by molar-refractivity contribution is 6.35. The molecule has 0 bridgehead atoms. The van der Waals surface area contributed by atoms with Crippen LogP contribution in [-0.2, 0) is 9.53 Å². The van der Waals surface area contributed by atoms with Gasteiger partial charge in [-0.15, -0.1) is 0 Å². The van der Waals surface area contributed by atoms with Crippen LogP contribution in [-0.4, -0.2) is 18.7 Å². The van der Waals surface area contributed by atoms with Crippen LogP contribution in [0.1, 0.15) is 11.1 Å². The summed E-state index contributed by atoms with van der Waals surface area (Å²) in [5.74, 6) is 0.970. The summed E-state index contributed by atoms with van der Waals surface area (Å²) in [4.78, 5) is 16.2. The summed E-state index contributed by atoms with van der Waals surface area (Å²) in [6.07, 6.45) is 4.90. The minimum Gasteiger partial charge on any atom is -0.454 e. The van der Waals surface area contributed by atoms with Gasteiger partial charge in [-0.05, 0) is 47.5 Å². The van der Waals surface area contributed by atoms with Gasteiger partial charge in [0.2, 0.25) is 12.7 Å². The molecule has 0 aromatic heterocycles. The van der Waals surface area contributed by atoms with Crippen LogP contribution in [0.2, 0.25) is 10.0 Å². The lowest BCUT2D eigenvalue weighted by molar-refractivity contribution is -0.129. The van der Waals surface area contributed by atoms with Crippen LogP contribution in [0.4, 0.5) is 0 Å². The molecule has 2 aromatic carbocycles. The van der Waals surface area contributed by atoms with Crippen LogP contribution < -0.4 is 9.47 Å². The zero-order valence-corrected chi connectivity index (χ0v) is 14.8. The van der Waals surface area contributed by atoms with Crippen molar-refractivity contribution in [3.8, 4) is 11.5 Å².